The predicted octanol–water partition coefficient (Wildman–Crippen LogP) is 3.33. The third kappa shape index (κ3) is 4.11. The third-order valence-electron chi connectivity index (χ3n) is 3.97. The smallest absolute Gasteiger partial charge is 0.119 e. The Labute approximate surface area is 136 Å². The number of rotatable bonds is 7. The average Bonchev–Trinajstić information content (AvgIpc) is 2.97. The lowest BCUT2D eigenvalue weighted by molar-refractivity contribution is 0.414. The summed E-state index contributed by atoms with van der Waals surface area (Å²) in [5.41, 5.74) is 3.42. The summed E-state index contributed by atoms with van der Waals surface area (Å²) in [6, 6.07) is 16.8. The van der Waals surface area contributed by atoms with E-state index in [2.05, 4.69) is 40.4 Å². The Bertz CT molecular complexity index is 733. The first kappa shape index (κ1) is 15.6. The maximum Gasteiger partial charge on any atom is 0.119 e. The number of methoxy groups -OCH3 is 1. The first-order valence-electron chi connectivity index (χ1n) is 8.04. The molecule has 1 aromatic heterocycles. The van der Waals surface area contributed by atoms with Gasteiger partial charge in [0.25, 0.3) is 0 Å². The molecule has 0 bridgehead atoms. The molecule has 2 N–H and O–H groups in total. The Kier molecular flexibility index (Phi) is 4.93. The molecule has 4 heteroatoms. The molecular weight excluding hydrogens is 286 g/mol. The molecule has 23 heavy (non-hydrogen) atoms. The molecule has 0 aliphatic carbocycles. The standard InChI is InChI=1S/C19H23N3O/c1-14(12-15-6-5-7-16(13-15)23-2)20-11-10-19-21-17-8-3-4-9-18(17)22-19/h3-9,13-14,20H,10-12H2,1-2H3,(H,21,22)/t14-/m1/s1. The van der Waals surface area contributed by atoms with Gasteiger partial charge in [-0.3, -0.25) is 0 Å². The van der Waals surface area contributed by atoms with Gasteiger partial charge in [-0.25, -0.2) is 4.98 Å². The van der Waals surface area contributed by atoms with Gasteiger partial charge in [-0.15, -0.1) is 0 Å². The van der Waals surface area contributed by atoms with Gasteiger partial charge in [0.1, 0.15) is 11.6 Å². The number of imidazole rings is 1. The van der Waals surface area contributed by atoms with Crippen molar-refractivity contribution in [2.75, 3.05) is 13.7 Å². The first-order valence-corrected chi connectivity index (χ1v) is 8.04. The minimum atomic E-state index is 0.409. The second-order valence-electron chi connectivity index (χ2n) is 5.86. The summed E-state index contributed by atoms with van der Waals surface area (Å²) < 4.78 is 5.27. The Morgan fingerprint density at radius 3 is 2.87 bits per heavy atom. The molecule has 120 valence electrons. The van der Waals surface area contributed by atoms with Crippen LogP contribution in [0.1, 0.15) is 18.3 Å². The van der Waals surface area contributed by atoms with Gasteiger partial charge in [0, 0.05) is 19.0 Å². The molecule has 0 fully saturated rings. The van der Waals surface area contributed by atoms with E-state index in [0.717, 1.165) is 42.0 Å². The second-order valence-corrected chi connectivity index (χ2v) is 5.86. The minimum absolute atomic E-state index is 0.409. The highest BCUT2D eigenvalue weighted by Gasteiger charge is 2.06. The van der Waals surface area contributed by atoms with E-state index >= 15 is 0 Å². The van der Waals surface area contributed by atoms with E-state index in [1.807, 2.05) is 30.3 Å². The normalized spacial score (nSPS) is 12.4. The van der Waals surface area contributed by atoms with Crippen molar-refractivity contribution >= 4 is 11.0 Å². The maximum atomic E-state index is 5.27. The largest absolute Gasteiger partial charge is 0.497 e. The molecule has 0 aliphatic heterocycles. The number of aromatic amines is 1. The topological polar surface area (TPSA) is 49.9 Å². The van der Waals surface area contributed by atoms with Crippen LogP contribution in [-0.4, -0.2) is 29.7 Å². The molecule has 0 unspecified atom stereocenters. The van der Waals surface area contributed by atoms with Crippen LogP contribution in [0.25, 0.3) is 11.0 Å². The van der Waals surface area contributed by atoms with Crippen LogP contribution in [0, 0.1) is 0 Å². The van der Waals surface area contributed by atoms with Crippen molar-refractivity contribution in [3.8, 4) is 5.75 Å². The molecule has 3 aromatic rings. The van der Waals surface area contributed by atoms with Crippen molar-refractivity contribution in [1.29, 1.82) is 0 Å². The highest BCUT2D eigenvalue weighted by atomic mass is 16.5. The number of hydrogen-bond donors (Lipinski definition) is 2. The number of fused-ring (bicyclic) bond motifs is 1. The van der Waals surface area contributed by atoms with Gasteiger partial charge in [0.2, 0.25) is 0 Å². The van der Waals surface area contributed by atoms with E-state index in [1.165, 1.54) is 5.56 Å². The monoisotopic (exact) mass is 309 g/mol. The molecule has 4 nitrogen and oxygen atoms in total. The Morgan fingerprint density at radius 1 is 1.17 bits per heavy atom. The lowest BCUT2D eigenvalue weighted by atomic mass is 10.1. The second kappa shape index (κ2) is 7.29. The molecule has 0 amide bonds. The van der Waals surface area contributed by atoms with E-state index in [9.17, 15) is 0 Å². The maximum absolute atomic E-state index is 5.27. The summed E-state index contributed by atoms with van der Waals surface area (Å²) in [6.07, 6.45) is 1.88. The first-order chi connectivity index (χ1) is 11.2. The minimum Gasteiger partial charge on any atom is -0.497 e. The number of nitrogens with one attached hydrogen (secondary N) is 2. The summed E-state index contributed by atoms with van der Waals surface area (Å²) in [7, 11) is 1.70. The third-order valence-corrected chi connectivity index (χ3v) is 3.97. The van der Waals surface area contributed by atoms with Crippen LogP contribution in [0.5, 0.6) is 5.75 Å². The van der Waals surface area contributed by atoms with Crippen molar-refractivity contribution in [3.05, 3.63) is 59.9 Å². The number of ether oxygens (including phenoxy) is 1. The SMILES string of the molecule is COc1cccc(C[C@@H](C)NCCc2nc3ccccc3[nH]2)c1. The van der Waals surface area contributed by atoms with Crippen molar-refractivity contribution in [2.45, 2.75) is 25.8 Å². The molecule has 1 atom stereocenters. The summed E-state index contributed by atoms with van der Waals surface area (Å²) in [5, 5.41) is 3.56. The van der Waals surface area contributed by atoms with Crippen LogP contribution in [0.15, 0.2) is 48.5 Å². The highest BCUT2D eigenvalue weighted by molar-refractivity contribution is 5.74. The average molecular weight is 309 g/mol. The zero-order valence-electron chi connectivity index (χ0n) is 13.7. The summed E-state index contributed by atoms with van der Waals surface area (Å²) >= 11 is 0. The van der Waals surface area contributed by atoms with Crippen LogP contribution in [0.3, 0.4) is 0 Å². The molecular formula is C19H23N3O. The fourth-order valence-electron chi connectivity index (χ4n) is 2.79. The number of aromatic nitrogens is 2. The predicted molar refractivity (Wildman–Crippen MR) is 94.0 cm³/mol. The van der Waals surface area contributed by atoms with Crippen molar-refractivity contribution in [1.82, 2.24) is 15.3 Å². The van der Waals surface area contributed by atoms with E-state index in [1.54, 1.807) is 7.11 Å². The molecule has 0 radical (unpaired) electrons. The van der Waals surface area contributed by atoms with Crippen molar-refractivity contribution in [2.24, 2.45) is 0 Å². The molecule has 0 spiro atoms. The number of hydrogen-bond acceptors (Lipinski definition) is 3. The Morgan fingerprint density at radius 2 is 2.04 bits per heavy atom. The fourth-order valence-corrected chi connectivity index (χ4v) is 2.79. The van der Waals surface area contributed by atoms with Crippen molar-refractivity contribution in [3.63, 3.8) is 0 Å². The zero-order chi connectivity index (χ0) is 16.1. The summed E-state index contributed by atoms with van der Waals surface area (Å²) in [4.78, 5) is 7.97. The van der Waals surface area contributed by atoms with Gasteiger partial charge in [-0.1, -0.05) is 24.3 Å². The number of benzene rings is 2. The van der Waals surface area contributed by atoms with E-state index in [4.69, 9.17) is 4.74 Å². The van der Waals surface area contributed by atoms with E-state index < -0.39 is 0 Å². The molecule has 0 aliphatic rings. The van der Waals surface area contributed by atoms with Gasteiger partial charge in [0.15, 0.2) is 0 Å². The quantitative estimate of drug-likeness (QED) is 0.704. The molecule has 2 aromatic carbocycles. The summed E-state index contributed by atoms with van der Waals surface area (Å²) in [5.74, 6) is 1.95. The van der Waals surface area contributed by atoms with Crippen LogP contribution in [-0.2, 0) is 12.8 Å². The van der Waals surface area contributed by atoms with Crippen LogP contribution in [0.2, 0.25) is 0 Å². The van der Waals surface area contributed by atoms with E-state index in [-0.39, 0.29) is 0 Å². The van der Waals surface area contributed by atoms with E-state index in [0.29, 0.717) is 6.04 Å². The van der Waals surface area contributed by atoms with Gasteiger partial charge >= 0.3 is 0 Å². The molecule has 0 saturated carbocycles. The lowest BCUT2D eigenvalue weighted by Crippen LogP contribution is -2.30. The number of nitrogens with zero attached hydrogens (tertiary/aromatic N) is 1. The van der Waals surface area contributed by atoms with Crippen LogP contribution < -0.4 is 10.1 Å². The molecule has 3 rings (SSSR count). The molecule has 1 heterocycles. The van der Waals surface area contributed by atoms with Gasteiger partial charge in [-0.05, 0) is 43.2 Å². The summed E-state index contributed by atoms with van der Waals surface area (Å²) in [6.45, 7) is 3.11. The Hall–Kier alpha value is -2.33. The fraction of sp³-hybridized carbons (Fsp3) is 0.316. The Balaban J connectivity index is 1.49. The highest BCUT2D eigenvalue weighted by Crippen LogP contribution is 2.14. The van der Waals surface area contributed by atoms with Crippen molar-refractivity contribution < 1.29 is 4.74 Å². The number of H-pyrrole nitrogens is 1. The van der Waals surface area contributed by atoms with Gasteiger partial charge < -0.3 is 15.0 Å². The van der Waals surface area contributed by atoms with Crippen LogP contribution >= 0.6 is 0 Å². The van der Waals surface area contributed by atoms with Gasteiger partial charge in [-0.2, -0.15) is 0 Å². The number of para-hydroxylation sites is 2. The lowest BCUT2D eigenvalue weighted by Gasteiger charge is -2.14. The zero-order valence-corrected chi connectivity index (χ0v) is 13.7. The van der Waals surface area contributed by atoms with Crippen LogP contribution in [0.4, 0.5) is 0 Å². The van der Waals surface area contributed by atoms with Gasteiger partial charge in [0.05, 0.1) is 18.1 Å². The molecule has 0 saturated heterocycles.